The molecule has 2 atom stereocenters. The lowest BCUT2D eigenvalue weighted by molar-refractivity contribution is 0.0778. The molecule has 0 radical (unpaired) electrons. The summed E-state index contributed by atoms with van der Waals surface area (Å²) in [6, 6.07) is 3.34. The van der Waals surface area contributed by atoms with E-state index in [2.05, 4.69) is 10.5 Å². The number of hydrogen-bond acceptors (Lipinski definition) is 5. The van der Waals surface area contributed by atoms with Crippen molar-refractivity contribution in [2.24, 2.45) is 11.8 Å². The molecule has 0 spiro atoms. The van der Waals surface area contributed by atoms with Gasteiger partial charge in [0.05, 0.1) is 11.6 Å². The Bertz CT molecular complexity index is 849. The Balaban J connectivity index is 1.49. The average Bonchev–Trinajstić information content (AvgIpc) is 3.04. The van der Waals surface area contributed by atoms with Crippen molar-refractivity contribution >= 4 is 11.8 Å². The molecule has 1 N–H and O–H groups in total. The quantitative estimate of drug-likeness (QED) is 0.908. The third-order valence-electron chi connectivity index (χ3n) is 5.33. The lowest BCUT2D eigenvalue weighted by Gasteiger charge is -2.18. The van der Waals surface area contributed by atoms with Gasteiger partial charge in [0.25, 0.3) is 11.8 Å². The molecule has 138 valence electrons. The highest BCUT2D eigenvalue weighted by molar-refractivity contribution is 5.96. The smallest absolute Gasteiger partial charge is 0.273 e. The first-order chi connectivity index (χ1) is 12.4. The summed E-state index contributed by atoms with van der Waals surface area (Å²) in [5.74, 6) is 2.55. The van der Waals surface area contributed by atoms with E-state index in [1.807, 2.05) is 11.8 Å². The summed E-state index contributed by atoms with van der Waals surface area (Å²) < 4.78 is 10.5. The number of aryl methyl sites for hydroxylation is 3. The van der Waals surface area contributed by atoms with E-state index >= 15 is 0 Å². The van der Waals surface area contributed by atoms with Gasteiger partial charge in [0.15, 0.2) is 5.69 Å². The maximum absolute atomic E-state index is 12.9. The maximum atomic E-state index is 12.9. The van der Waals surface area contributed by atoms with Crippen molar-refractivity contribution in [3.63, 3.8) is 0 Å². The Hall–Kier alpha value is -2.57. The number of carbonyl (C=O) groups excluding carboxylic acids is 2. The van der Waals surface area contributed by atoms with Gasteiger partial charge < -0.3 is 19.2 Å². The van der Waals surface area contributed by atoms with Gasteiger partial charge in [0, 0.05) is 25.1 Å². The largest absolute Gasteiger partial charge is 0.466 e. The number of carbonyl (C=O) groups is 2. The van der Waals surface area contributed by atoms with Gasteiger partial charge in [-0.3, -0.25) is 9.59 Å². The number of aromatic nitrogens is 1. The van der Waals surface area contributed by atoms with E-state index in [1.54, 1.807) is 26.0 Å². The lowest BCUT2D eigenvalue weighted by Crippen LogP contribution is -2.41. The molecule has 3 heterocycles. The summed E-state index contributed by atoms with van der Waals surface area (Å²) in [5, 5.41) is 6.84. The molecule has 7 nitrogen and oxygen atoms in total. The standard InChI is InChI=1S/C19H23N3O4/c1-10-6-14(12(3)25-10)19(24)22-8-15(13-4-5-13)17(9-22)20-18(23)16-7-11(2)26-21-16/h6-7,13,15,17H,4-5,8-9H2,1-3H3,(H,20,23)/t15-,17+/m1/s1. The highest BCUT2D eigenvalue weighted by Gasteiger charge is 2.45. The Morgan fingerprint density at radius 3 is 2.50 bits per heavy atom. The summed E-state index contributed by atoms with van der Waals surface area (Å²) in [6.45, 7) is 6.56. The average molecular weight is 357 g/mol. The molecule has 4 rings (SSSR count). The molecule has 2 amide bonds. The summed E-state index contributed by atoms with van der Waals surface area (Å²) in [7, 11) is 0. The van der Waals surface area contributed by atoms with Crippen LogP contribution >= 0.6 is 0 Å². The van der Waals surface area contributed by atoms with Crippen molar-refractivity contribution in [1.29, 1.82) is 0 Å². The Morgan fingerprint density at radius 1 is 1.15 bits per heavy atom. The summed E-state index contributed by atoms with van der Waals surface area (Å²) in [6.07, 6.45) is 2.32. The second-order valence-electron chi connectivity index (χ2n) is 7.44. The van der Waals surface area contributed by atoms with Gasteiger partial charge in [-0.25, -0.2) is 0 Å². The van der Waals surface area contributed by atoms with Crippen molar-refractivity contribution < 1.29 is 18.5 Å². The number of hydrogen-bond donors (Lipinski definition) is 1. The molecule has 2 aromatic rings. The molecule has 2 aliphatic rings. The normalized spacial score (nSPS) is 22.7. The van der Waals surface area contributed by atoms with E-state index in [9.17, 15) is 9.59 Å². The van der Waals surface area contributed by atoms with Crippen LogP contribution in [0.4, 0.5) is 0 Å². The van der Waals surface area contributed by atoms with Gasteiger partial charge in [-0.15, -0.1) is 0 Å². The molecule has 26 heavy (non-hydrogen) atoms. The Morgan fingerprint density at radius 2 is 1.92 bits per heavy atom. The van der Waals surface area contributed by atoms with E-state index in [1.165, 1.54) is 0 Å². The zero-order valence-electron chi connectivity index (χ0n) is 15.2. The molecule has 0 unspecified atom stereocenters. The van der Waals surface area contributed by atoms with Crippen LogP contribution in [0.5, 0.6) is 0 Å². The van der Waals surface area contributed by atoms with Crippen LogP contribution in [0, 0.1) is 32.6 Å². The van der Waals surface area contributed by atoms with Crippen molar-refractivity contribution in [2.75, 3.05) is 13.1 Å². The molecular weight excluding hydrogens is 334 g/mol. The SMILES string of the molecule is Cc1cc(C(=O)N[C@H]2CN(C(=O)c3cc(C)oc3C)C[C@@H]2C2CC2)no1. The van der Waals surface area contributed by atoms with Crippen LogP contribution in [0.25, 0.3) is 0 Å². The molecule has 7 heteroatoms. The van der Waals surface area contributed by atoms with Crippen LogP contribution in [0.15, 0.2) is 21.1 Å². The number of nitrogens with one attached hydrogen (secondary N) is 1. The molecule has 2 aromatic heterocycles. The highest BCUT2D eigenvalue weighted by atomic mass is 16.5. The van der Waals surface area contributed by atoms with Gasteiger partial charge in [-0.2, -0.15) is 0 Å². The second kappa shape index (κ2) is 6.30. The van der Waals surface area contributed by atoms with Crippen molar-refractivity contribution in [3.05, 3.63) is 40.7 Å². The fourth-order valence-electron chi connectivity index (χ4n) is 3.88. The predicted octanol–water partition coefficient (Wildman–Crippen LogP) is 2.47. The zero-order chi connectivity index (χ0) is 18.4. The number of likely N-dealkylation sites (tertiary alicyclic amines) is 1. The fraction of sp³-hybridized carbons (Fsp3) is 0.526. The van der Waals surface area contributed by atoms with Crippen LogP contribution in [-0.4, -0.2) is 41.0 Å². The van der Waals surface area contributed by atoms with Gasteiger partial charge in [-0.1, -0.05) is 5.16 Å². The van der Waals surface area contributed by atoms with Gasteiger partial charge in [-0.05, 0) is 45.6 Å². The molecule has 2 fully saturated rings. The maximum Gasteiger partial charge on any atom is 0.273 e. The fourth-order valence-corrected chi connectivity index (χ4v) is 3.88. The molecule has 1 aliphatic carbocycles. The number of furan rings is 1. The van der Waals surface area contributed by atoms with Crippen LogP contribution in [-0.2, 0) is 0 Å². The molecule has 1 saturated carbocycles. The molecule has 0 aromatic carbocycles. The van der Waals surface area contributed by atoms with Crippen LogP contribution in [0.3, 0.4) is 0 Å². The third kappa shape index (κ3) is 3.13. The third-order valence-corrected chi connectivity index (χ3v) is 5.33. The molecule has 1 aliphatic heterocycles. The number of rotatable bonds is 4. The monoisotopic (exact) mass is 357 g/mol. The van der Waals surface area contributed by atoms with E-state index < -0.39 is 0 Å². The summed E-state index contributed by atoms with van der Waals surface area (Å²) >= 11 is 0. The first kappa shape index (κ1) is 16.9. The molecule has 1 saturated heterocycles. The van der Waals surface area contributed by atoms with Crippen molar-refractivity contribution in [1.82, 2.24) is 15.4 Å². The minimum atomic E-state index is -0.248. The predicted molar refractivity (Wildman–Crippen MR) is 92.8 cm³/mol. The first-order valence-corrected chi connectivity index (χ1v) is 9.03. The van der Waals surface area contributed by atoms with E-state index in [4.69, 9.17) is 8.94 Å². The first-order valence-electron chi connectivity index (χ1n) is 9.03. The molecule has 0 bridgehead atoms. The highest BCUT2D eigenvalue weighted by Crippen LogP contribution is 2.42. The van der Waals surface area contributed by atoms with E-state index in [0.717, 1.165) is 18.6 Å². The van der Waals surface area contributed by atoms with Gasteiger partial charge in [0.1, 0.15) is 17.3 Å². The van der Waals surface area contributed by atoms with Gasteiger partial charge >= 0.3 is 0 Å². The van der Waals surface area contributed by atoms with Crippen LogP contribution < -0.4 is 5.32 Å². The van der Waals surface area contributed by atoms with Gasteiger partial charge in [0.2, 0.25) is 0 Å². The minimum Gasteiger partial charge on any atom is -0.466 e. The lowest BCUT2D eigenvalue weighted by atomic mass is 9.98. The van der Waals surface area contributed by atoms with E-state index in [-0.39, 0.29) is 29.5 Å². The summed E-state index contributed by atoms with van der Waals surface area (Å²) in [5.41, 5.74) is 0.888. The van der Waals surface area contributed by atoms with Crippen LogP contribution in [0.2, 0.25) is 0 Å². The topological polar surface area (TPSA) is 88.6 Å². The Kier molecular flexibility index (Phi) is 4.09. The Labute approximate surface area is 151 Å². The number of nitrogens with zero attached hydrogens (tertiary/aromatic N) is 2. The van der Waals surface area contributed by atoms with Crippen molar-refractivity contribution in [3.8, 4) is 0 Å². The second-order valence-corrected chi connectivity index (χ2v) is 7.44. The van der Waals surface area contributed by atoms with Crippen LogP contribution in [0.1, 0.15) is 51.0 Å². The summed E-state index contributed by atoms with van der Waals surface area (Å²) in [4.78, 5) is 27.2. The zero-order valence-corrected chi connectivity index (χ0v) is 15.2. The van der Waals surface area contributed by atoms with Crippen molar-refractivity contribution in [2.45, 2.75) is 39.7 Å². The minimum absolute atomic E-state index is 0.0287. The van der Waals surface area contributed by atoms with E-state index in [0.29, 0.717) is 36.1 Å². The number of amides is 2. The molecular formula is C19H23N3O4.